The van der Waals surface area contributed by atoms with E-state index in [4.69, 9.17) is 30.4 Å². The molecule has 4 saturated carbocycles. The van der Waals surface area contributed by atoms with Gasteiger partial charge in [-0.2, -0.15) is 5.26 Å². The van der Waals surface area contributed by atoms with E-state index in [1.165, 1.54) is 59.8 Å². The standard InChI is InChI=1S/C23H23FN4O3.2C21H23FN4O3.C21H23N3O3/c1-12-2-5-27-23-20(12)16(24)11-28(23)17-8-19(22(30)21(17)29)31-18-7-13(9-25)6-14-3-4-26-10-15(14)18;1-25-8-11-3-2-4-16(12(11)9-25)29-17-7-15(19(27)20(17)28)26-10-13(22)18-14(23)5-6-24-21(18)26;22-13-10-26(21-18(13)14(23)5-7-25-21)15-8-17(20(28)19(15)27)29-16-3-1-2-11-9-24-6-4-12(11)16;25-19-16(24-10-7-14-4-2-8-23-21(14)24)11-18(20(19)26)27-17-5-1-3-13-6-9-22-12-15(13)17/h2,5-7,11,17,19,21-22,26,29-30H,3-4,8,10H2,1H3;2-6,10,15,17,19-20,27-28H,7-9H2,1H3,(H2,23,24);1-3,5,7,10,15,17,19-20,24,27-28H,4,6,8-9H2,(H2,23,25);1-5,7-8,10,16,18-20,22,25-26H,6,9,11-12H2/t17-,19+,21+,22-;2*15-,17+,19+,20-;16-,18+,19+,20-/m1111/s1. The molecule has 12 aromatic rings. The fourth-order valence-electron chi connectivity index (χ4n) is 18.3. The molecular formula is C86H92F3N15O12. The molecule has 12 heterocycles. The van der Waals surface area contributed by atoms with Crippen molar-refractivity contribution in [3.05, 3.63) is 226 Å². The smallest absolute Gasteiger partial charge is 0.152 e. The predicted octanol–water partition coefficient (Wildman–Crippen LogP) is 7.25. The molecule has 15 N–H and O–H groups in total. The first-order chi connectivity index (χ1) is 56.2. The number of nitrogen functional groups attached to an aromatic ring is 2. The van der Waals surface area contributed by atoms with Crippen molar-refractivity contribution in [3.63, 3.8) is 0 Å². The molecule has 4 fully saturated rings. The highest BCUT2D eigenvalue weighted by atomic mass is 19.1. The summed E-state index contributed by atoms with van der Waals surface area (Å²) in [6.45, 7) is 8.27. The van der Waals surface area contributed by atoms with Crippen LogP contribution in [0.4, 0.5) is 24.5 Å². The van der Waals surface area contributed by atoms with Crippen LogP contribution in [0.25, 0.3) is 44.1 Å². The fraction of sp³-hybridized carbons (Fsp3) is 0.384. The zero-order valence-electron chi connectivity index (χ0n) is 63.7. The van der Waals surface area contributed by atoms with E-state index in [0.29, 0.717) is 59.4 Å². The number of aryl methyl sites for hydroxylation is 1. The van der Waals surface area contributed by atoms with Gasteiger partial charge >= 0.3 is 0 Å². The number of ether oxygens (including phenoxy) is 4. The van der Waals surface area contributed by atoms with Crippen molar-refractivity contribution in [3.8, 4) is 29.1 Å². The number of nitrogens with one attached hydrogen (secondary N) is 3. The molecule has 604 valence electrons. The van der Waals surface area contributed by atoms with Gasteiger partial charge in [-0.05, 0) is 153 Å². The molecule has 20 rings (SSSR count). The van der Waals surface area contributed by atoms with E-state index in [9.17, 15) is 59.3 Å². The minimum absolute atomic E-state index is 0.225. The van der Waals surface area contributed by atoms with Crippen LogP contribution in [0, 0.1) is 35.7 Å². The van der Waals surface area contributed by atoms with Crippen LogP contribution in [0.15, 0.2) is 153 Å². The number of anilines is 2. The molecule has 0 unspecified atom stereocenters. The number of fused-ring (bicyclic) bond motifs is 8. The van der Waals surface area contributed by atoms with E-state index >= 15 is 0 Å². The van der Waals surface area contributed by atoms with Crippen LogP contribution in [0.1, 0.15) is 105 Å². The third-order valence-corrected chi connectivity index (χ3v) is 24.3. The molecule has 16 atom stereocenters. The van der Waals surface area contributed by atoms with Gasteiger partial charge in [0.25, 0.3) is 0 Å². The van der Waals surface area contributed by atoms with Crippen LogP contribution < -0.4 is 46.4 Å². The minimum Gasteiger partial charge on any atom is -0.487 e. The molecule has 8 aromatic heterocycles. The number of nitriles is 1. The summed E-state index contributed by atoms with van der Waals surface area (Å²) in [7, 11) is 2.04. The second-order valence-electron chi connectivity index (χ2n) is 31.4. The average Bonchev–Trinajstić information content (AvgIpc) is 1.61. The Hall–Kier alpha value is -10.8. The van der Waals surface area contributed by atoms with Crippen LogP contribution in [-0.4, -0.2) is 184 Å². The molecule has 4 aliphatic heterocycles. The Morgan fingerprint density at radius 2 is 0.871 bits per heavy atom. The van der Waals surface area contributed by atoms with Gasteiger partial charge in [-0.1, -0.05) is 36.4 Å². The van der Waals surface area contributed by atoms with E-state index in [0.717, 1.165) is 127 Å². The summed E-state index contributed by atoms with van der Waals surface area (Å²) in [5.74, 6) is 1.37. The van der Waals surface area contributed by atoms with Crippen LogP contribution in [-0.2, 0) is 52.0 Å². The maximum Gasteiger partial charge on any atom is 0.152 e. The van der Waals surface area contributed by atoms with Gasteiger partial charge in [-0.3, -0.25) is 4.90 Å². The van der Waals surface area contributed by atoms with E-state index in [1.54, 1.807) is 38.2 Å². The van der Waals surface area contributed by atoms with Gasteiger partial charge in [-0.25, -0.2) is 33.1 Å². The van der Waals surface area contributed by atoms with Crippen LogP contribution in [0.3, 0.4) is 0 Å². The van der Waals surface area contributed by atoms with Crippen molar-refractivity contribution in [2.75, 3.05) is 38.1 Å². The second-order valence-corrected chi connectivity index (χ2v) is 31.4. The molecule has 4 aromatic carbocycles. The lowest BCUT2D eigenvalue weighted by molar-refractivity contribution is -0.0167. The summed E-state index contributed by atoms with van der Waals surface area (Å²) in [5, 5.41) is 107. The monoisotopic (exact) mass is 1580 g/mol. The summed E-state index contributed by atoms with van der Waals surface area (Å²) in [5.41, 5.74) is 24.6. The lowest BCUT2D eigenvalue weighted by Crippen LogP contribution is -2.35. The number of aromatic nitrogens is 8. The highest BCUT2D eigenvalue weighted by molar-refractivity contribution is 5.90. The largest absolute Gasteiger partial charge is 0.487 e. The Balaban J connectivity index is 0.000000111. The number of pyridine rings is 4. The first-order valence-corrected chi connectivity index (χ1v) is 39.3. The minimum atomic E-state index is -1.16. The molecule has 30 heteroatoms. The molecule has 0 radical (unpaired) electrons. The number of benzene rings is 4. The normalized spacial score (nSPS) is 26.6. The van der Waals surface area contributed by atoms with Crippen molar-refractivity contribution < 1.29 is 73.0 Å². The Labute approximate surface area is 664 Å². The SMILES string of the molecule is CN1Cc2cccc(O[C@H]3C[C@@H](n4cc(F)c5c(N)ccnc54)[C@H](O)[C@@H]3O)c2C1.Cc1ccnc2c1c(F)cn2[C@@H]1C[C@H](Oc2cc(C#N)cc3c2CNCC3)[C@@H](O)[C@H]1O.Nc1ccnc2c1c(F)cn2[C@@H]1C[C@H](Oc2cccc3c2CCNC3)[C@@H](O)[C@H]1O.O[C@@H]1[C@H](O)[C@@H](Oc2cccc3c2CNCC3)C[C@H]1n1ccc2cccnc21. The van der Waals surface area contributed by atoms with Gasteiger partial charge in [0.05, 0.1) is 52.0 Å². The number of rotatable bonds is 12. The number of nitrogens with two attached hydrogens (primary N) is 2. The van der Waals surface area contributed by atoms with Gasteiger partial charge in [0, 0.05) is 141 Å². The fourth-order valence-corrected chi connectivity index (χ4v) is 18.3. The summed E-state index contributed by atoms with van der Waals surface area (Å²) >= 11 is 0. The van der Waals surface area contributed by atoms with Crippen LogP contribution >= 0.6 is 0 Å². The molecule has 116 heavy (non-hydrogen) atoms. The Morgan fingerprint density at radius 3 is 1.42 bits per heavy atom. The van der Waals surface area contributed by atoms with Gasteiger partial charge in [0.2, 0.25) is 0 Å². The van der Waals surface area contributed by atoms with E-state index in [-0.39, 0.29) is 34.6 Å². The van der Waals surface area contributed by atoms with Crippen molar-refractivity contribution in [1.82, 2.24) is 59.1 Å². The number of aliphatic hydroxyl groups is 8. The molecule has 0 saturated heterocycles. The highest BCUT2D eigenvalue weighted by Gasteiger charge is 2.49. The maximum atomic E-state index is 14.6. The van der Waals surface area contributed by atoms with E-state index in [1.807, 2.05) is 85.4 Å². The van der Waals surface area contributed by atoms with Gasteiger partial charge in [-0.15, -0.1) is 0 Å². The first-order valence-electron chi connectivity index (χ1n) is 39.3. The van der Waals surface area contributed by atoms with Crippen molar-refractivity contribution in [1.29, 1.82) is 5.26 Å². The lowest BCUT2D eigenvalue weighted by atomic mass is 9.97. The third kappa shape index (κ3) is 14.6. The zero-order chi connectivity index (χ0) is 80.5. The zero-order valence-corrected chi connectivity index (χ0v) is 63.7. The van der Waals surface area contributed by atoms with Crippen LogP contribution in [0.5, 0.6) is 23.0 Å². The maximum absolute atomic E-state index is 14.6. The number of hydrogen-bond acceptors (Lipinski definition) is 23. The van der Waals surface area contributed by atoms with E-state index in [2.05, 4.69) is 65.1 Å². The summed E-state index contributed by atoms with van der Waals surface area (Å²) < 4.78 is 74.9. The van der Waals surface area contributed by atoms with Crippen molar-refractivity contribution in [2.24, 2.45) is 0 Å². The Kier molecular flexibility index (Phi) is 21.7. The first kappa shape index (κ1) is 77.8. The lowest BCUT2D eigenvalue weighted by Gasteiger charge is -2.24. The third-order valence-electron chi connectivity index (χ3n) is 24.3. The molecule has 0 spiro atoms. The topological polar surface area (TPSA) is 385 Å². The number of halogens is 3. The predicted molar refractivity (Wildman–Crippen MR) is 425 cm³/mol. The number of nitrogens with zero attached hydrogens (tertiary/aromatic N) is 10. The second kappa shape index (κ2) is 32.4. The molecule has 4 aliphatic carbocycles. The molecule has 27 nitrogen and oxygen atoms in total. The highest BCUT2D eigenvalue weighted by Crippen LogP contribution is 2.45. The summed E-state index contributed by atoms with van der Waals surface area (Å²) in [6, 6.07) is 32.2. The molecule has 0 bridgehead atoms. The average molecular weight is 1580 g/mol. The molecular weight excluding hydrogens is 1490 g/mol. The Morgan fingerprint density at radius 1 is 0.431 bits per heavy atom. The quantitative estimate of drug-likeness (QED) is 0.0572. The van der Waals surface area contributed by atoms with Crippen molar-refractivity contribution >= 4 is 55.5 Å². The van der Waals surface area contributed by atoms with Gasteiger partial charge in [0.15, 0.2) is 17.5 Å². The Bertz CT molecular complexity index is 5700. The van der Waals surface area contributed by atoms with E-state index < -0.39 is 109 Å². The van der Waals surface area contributed by atoms with Gasteiger partial charge in [0.1, 0.15) is 119 Å². The number of aliphatic hydroxyl groups excluding tert-OH is 8. The summed E-state index contributed by atoms with van der Waals surface area (Å²) in [4.78, 5) is 19.4. The van der Waals surface area contributed by atoms with Gasteiger partial charge < -0.3 is 105 Å². The van der Waals surface area contributed by atoms with Crippen molar-refractivity contribution in [2.45, 2.75) is 182 Å². The summed E-state index contributed by atoms with van der Waals surface area (Å²) in [6.07, 6.45) is 5.28. The molecule has 0 amide bonds. The van der Waals surface area contributed by atoms with Crippen LogP contribution in [0.2, 0.25) is 0 Å². The molecule has 8 aliphatic rings. The number of hydrogen-bond donors (Lipinski definition) is 13.